The summed E-state index contributed by atoms with van der Waals surface area (Å²) in [6.07, 6.45) is 4.18. The molecule has 74 valence electrons. The van der Waals surface area contributed by atoms with Gasteiger partial charge < -0.3 is 4.74 Å². The highest BCUT2D eigenvalue weighted by molar-refractivity contribution is 5.86. The number of aryl methyl sites for hydroxylation is 1. The quantitative estimate of drug-likeness (QED) is 0.540. The maximum atomic E-state index is 10.8. The number of methoxy groups -OCH3 is 1. The number of carbonyl (C=O) groups is 1. The van der Waals surface area contributed by atoms with E-state index >= 15 is 0 Å². The van der Waals surface area contributed by atoms with Crippen molar-refractivity contribution in [2.75, 3.05) is 7.11 Å². The van der Waals surface area contributed by atoms with Crippen molar-refractivity contribution in [1.29, 1.82) is 0 Å². The van der Waals surface area contributed by atoms with E-state index in [9.17, 15) is 4.79 Å². The molecule has 0 spiro atoms. The first kappa shape index (κ1) is 10.5. The summed E-state index contributed by atoms with van der Waals surface area (Å²) in [6, 6.07) is 8.06. The van der Waals surface area contributed by atoms with Gasteiger partial charge in [0.15, 0.2) is 0 Å². The third kappa shape index (κ3) is 3.05. The highest BCUT2D eigenvalue weighted by Gasteiger charge is 1.93. The number of carbonyl (C=O) groups excluding carboxylic acids is 1. The Hall–Kier alpha value is -1.57. The van der Waals surface area contributed by atoms with E-state index in [-0.39, 0.29) is 5.97 Å². The van der Waals surface area contributed by atoms with Gasteiger partial charge in [0.05, 0.1) is 7.11 Å². The number of ether oxygens (including phenoxy) is 1. The first-order chi connectivity index (χ1) is 6.76. The fourth-order valence-corrected chi connectivity index (χ4v) is 1.15. The van der Waals surface area contributed by atoms with Gasteiger partial charge in [-0.15, -0.1) is 0 Å². The fraction of sp³-hybridized carbons (Fsp3) is 0.250. The van der Waals surface area contributed by atoms with Gasteiger partial charge in [-0.2, -0.15) is 0 Å². The summed E-state index contributed by atoms with van der Waals surface area (Å²) in [5.74, 6) is -0.327. The molecule has 0 atom stereocenters. The van der Waals surface area contributed by atoms with Crippen molar-refractivity contribution in [3.05, 3.63) is 41.5 Å². The van der Waals surface area contributed by atoms with Crippen LogP contribution in [0.25, 0.3) is 6.08 Å². The van der Waals surface area contributed by atoms with Gasteiger partial charge in [-0.1, -0.05) is 31.2 Å². The molecular weight excluding hydrogens is 176 g/mol. The SMILES string of the molecule is CCc1cccc(/C=C/C(=O)OC)c1. The molecule has 1 rings (SSSR count). The molecular formula is C12H14O2. The number of hydrogen-bond acceptors (Lipinski definition) is 2. The first-order valence-electron chi connectivity index (χ1n) is 4.61. The van der Waals surface area contributed by atoms with Crippen LogP contribution >= 0.6 is 0 Å². The summed E-state index contributed by atoms with van der Waals surface area (Å²) in [5, 5.41) is 0. The van der Waals surface area contributed by atoms with Gasteiger partial charge >= 0.3 is 5.97 Å². The molecule has 14 heavy (non-hydrogen) atoms. The Morgan fingerprint density at radius 3 is 2.93 bits per heavy atom. The Morgan fingerprint density at radius 2 is 2.29 bits per heavy atom. The molecule has 1 aromatic carbocycles. The minimum Gasteiger partial charge on any atom is -0.466 e. The second-order valence-corrected chi connectivity index (χ2v) is 2.96. The van der Waals surface area contributed by atoms with E-state index < -0.39 is 0 Å². The lowest BCUT2D eigenvalue weighted by Crippen LogP contribution is -1.93. The van der Waals surface area contributed by atoms with Gasteiger partial charge in [0.2, 0.25) is 0 Å². The van der Waals surface area contributed by atoms with Crippen molar-refractivity contribution >= 4 is 12.0 Å². The predicted molar refractivity (Wildman–Crippen MR) is 56.9 cm³/mol. The van der Waals surface area contributed by atoms with Crippen LogP contribution in [0.3, 0.4) is 0 Å². The first-order valence-corrected chi connectivity index (χ1v) is 4.61. The molecule has 0 saturated heterocycles. The van der Waals surface area contributed by atoms with Crippen molar-refractivity contribution in [3.63, 3.8) is 0 Å². The minimum atomic E-state index is -0.327. The Balaban J connectivity index is 2.76. The molecule has 0 N–H and O–H groups in total. The van der Waals surface area contributed by atoms with E-state index in [1.807, 2.05) is 12.1 Å². The number of rotatable bonds is 3. The topological polar surface area (TPSA) is 26.3 Å². The Labute approximate surface area is 84.2 Å². The molecule has 2 nitrogen and oxygen atoms in total. The van der Waals surface area contributed by atoms with Crippen LogP contribution in [0.1, 0.15) is 18.1 Å². The van der Waals surface area contributed by atoms with Crippen LogP contribution in [-0.2, 0) is 16.0 Å². The molecule has 0 heterocycles. The molecule has 2 heteroatoms. The van der Waals surface area contributed by atoms with Gasteiger partial charge in [0, 0.05) is 6.08 Å². The average molecular weight is 190 g/mol. The van der Waals surface area contributed by atoms with Crippen molar-refractivity contribution in [2.45, 2.75) is 13.3 Å². The third-order valence-corrected chi connectivity index (χ3v) is 1.97. The van der Waals surface area contributed by atoms with E-state index in [0.717, 1.165) is 12.0 Å². The summed E-state index contributed by atoms with van der Waals surface area (Å²) in [4.78, 5) is 10.8. The molecule has 0 aromatic heterocycles. The second-order valence-electron chi connectivity index (χ2n) is 2.96. The molecule has 0 radical (unpaired) electrons. The smallest absolute Gasteiger partial charge is 0.330 e. The number of hydrogen-bond donors (Lipinski definition) is 0. The Bertz CT molecular complexity index is 340. The monoisotopic (exact) mass is 190 g/mol. The molecule has 1 aromatic rings. The van der Waals surface area contributed by atoms with E-state index in [0.29, 0.717) is 0 Å². The van der Waals surface area contributed by atoms with Crippen LogP contribution < -0.4 is 0 Å². The zero-order chi connectivity index (χ0) is 10.4. The van der Waals surface area contributed by atoms with Crippen LogP contribution in [-0.4, -0.2) is 13.1 Å². The highest BCUT2D eigenvalue weighted by Crippen LogP contribution is 2.07. The summed E-state index contributed by atoms with van der Waals surface area (Å²) >= 11 is 0. The Kier molecular flexibility index (Phi) is 3.92. The van der Waals surface area contributed by atoms with Crippen LogP contribution in [0.2, 0.25) is 0 Å². The van der Waals surface area contributed by atoms with Crippen molar-refractivity contribution in [1.82, 2.24) is 0 Å². The molecule has 0 fully saturated rings. The molecule has 0 bridgehead atoms. The predicted octanol–water partition coefficient (Wildman–Crippen LogP) is 2.44. The van der Waals surface area contributed by atoms with Crippen LogP contribution in [0.5, 0.6) is 0 Å². The maximum absolute atomic E-state index is 10.8. The molecule has 0 amide bonds. The van der Waals surface area contributed by atoms with E-state index in [1.54, 1.807) is 6.08 Å². The lowest BCUT2D eigenvalue weighted by molar-refractivity contribution is -0.134. The molecule has 0 aliphatic carbocycles. The maximum Gasteiger partial charge on any atom is 0.330 e. The molecule has 0 aliphatic heterocycles. The Morgan fingerprint density at radius 1 is 1.50 bits per heavy atom. The van der Waals surface area contributed by atoms with Gasteiger partial charge in [0.1, 0.15) is 0 Å². The average Bonchev–Trinajstić information content (AvgIpc) is 2.26. The van der Waals surface area contributed by atoms with Gasteiger partial charge in [-0.25, -0.2) is 4.79 Å². The third-order valence-electron chi connectivity index (χ3n) is 1.97. The summed E-state index contributed by atoms with van der Waals surface area (Å²) < 4.78 is 4.50. The summed E-state index contributed by atoms with van der Waals surface area (Å²) in [7, 11) is 1.37. The van der Waals surface area contributed by atoms with Crippen LogP contribution in [0.4, 0.5) is 0 Å². The largest absolute Gasteiger partial charge is 0.466 e. The number of benzene rings is 1. The van der Waals surface area contributed by atoms with Crippen molar-refractivity contribution in [3.8, 4) is 0 Å². The van der Waals surface area contributed by atoms with Gasteiger partial charge in [0.25, 0.3) is 0 Å². The highest BCUT2D eigenvalue weighted by atomic mass is 16.5. The van der Waals surface area contributed by atoms with Crippen LogP contribution in [0.15, 0.2) is 30.3 Å². The molecule has 0 saturated carbocycles. The van der Waals surface area contributed by atoms with E-state index in [2.05, 4.69) is 23.8 Å². The van der Waals surface area contributed by atoms with Crippen molar-refractivity contribution in [2.24, 2.45) is 0 Å². The van der Waals surface area contributed by atoms with Gasteiger partial charge in [-0.05, 0) is 23.6 Å². The van der Waals surface area contributed by atoms with Crippen LogP contribution in [0, 0.1) is 0 Å². The number of esters is 1. The van der Waals surface area contributed by atoms with E-state index in [1.165, 1.54) is 18.7 Å². The van der Waals surface area contributed by atoms with E-state index in [4.69, 9.17) is 0 Å². The standard InChI is InChI=1S/C12H14O2/c1-3-10-5-4-6-11(9-10)7-8-12(13)14-2/h4-9H,3H2,1-2H3/b8-7+. The lowest BCUT2D eigenvalue weighted by Gasteiger charge is -1.97. The summed E-state index contributed by atoms with van der Waals surface area (Å²) in [5.41, 5.74) is 2.28. The molecule has 0 unspecified atom stereocenters. The summed E-state index contributed by atoms with van der Waals surface area (Å²) in [6.45, 7) is 2.10. The second kappa shape index (κ2) is 5.22. The minimum absolute atomic E-state index is 0.327. The zero-order valence-corrected chi connectivity index (χ0v) is 8.49. The fourth-order valence-electron chi connectivity index (χ4n) is 1.15. The normalized spacial score (nSPS) is 10.4. The van der Waals surface area contributed by atoms with Gasteiger partial charge in [-0.3, -0.25) is 0 Å². The lowest BCUT2D eigenvalue weighted by atomic mass is 10.1. The zero-order valence-electron chi connectivity index (χ0n) is 8.49. The molecule has 0 aliphatic rings. The van der Waals surface area contributed by atoms with Crippen molar-refractivity contribution < 1.29 is 9.53 Å².